The second kappa shape index (κ2) is 8.23. The standard InChI is InChI=1S/C21H27N3O2S/c1-14-6-5-7-15(2)20(14)22-19(25)13-23-8-10-24(11-9-23)21(26)18-12-16(3)27-17(18)4/h5-7,12H,8-11,13H2,1-4H3,(H,22,25). The van der Waals surface area contributed by atoms with Crippen molar-refractivity contribution in [1.29, 1.82) is 0 Å². The van der Waals surface area contributed by atoms with Gasteiger partial charge in [-0.3, -0.25) is 14.5 Å². The van der Waals surface area contributed by atoms with Crippen LogP contribution in [0.4, 0.5) is 5.69 Å². The molecule has 6 heteroatoms. The van der Waals surface area contributed by atoms with Crippen LogP contribution >= 0.6 is 11.3 Å². The molecule has 0 aliphatic carbocycles. The number of aryl methyl sites for hydroxylation is 4. The van der Waals surface area contributed by atoms with Crippen molar-refractivity contribution in [3.8, 4) is 0 Å². The van der Waals surface area contributed by atoms with E-state index in [0.717, 1.165) is 32.1 Å². The van der Waals surface area contributed by atoms with E-state index in [1.807, 2.05) is 56.9 Å². The van der Waals surface area contributed by atoms with Gasteiger partial charge in [0, 0.05) is 41.6 Å². The first-order valence-electron chi connectivity index (χ1n) is 9.30. The SMILES string of the molecule is Cc1cc(C(=O)N2CCN(CC(=O)Nc3c(C)cccc3C)CC2)c(C)s1. The number of thiophene rings is 1. The fraction of sp³-hybridized carbons (Fsp3) is 0.429. The van der Waals surface area contributed by atoms with Gasteiger partial charge < -0.3 is 10.2 Å². The van der Waals surface area contributed by atoms with E-state index in [1.165, 1.54) is 0 Å². The molecule has 1 aliphatic heterocycles. The Morgan fingerprint density at radius 2 is 1.67 bits per heavy atom. The molecule has 2 heterocycles. The van der Waals surface area contributed by atoms with Crippen LogP contribution in [0.1, 0.15) is 31.2 Å². The van der Waals surface area contributed by atoms with Crippen LogP contribution in [0.25, 0.3) is 0 Å². The van der Waals surface area contributed by atoms with Gasteiger partial charge in [0.05, 0.1) is 12.1 Å². The van der Waals surface area contributed by atoms with Gasteiger partial charge in [0.1, 0.15) is 0 Å². The zero-order valence-electron chi connectivity index (χ0n) is 16.5. The first kappa shape index (κ1) is 19.6. The van der Waals surface area contributed by atoms with Gasteiger partial charge in [-0.15, -0.1) is 11.3 Å². The van der Waals surface area contributed by atoms with Crippen molar-refractivity contribution < 1.29 is 9.59 Å². The molecule has 5 nitrogen and oxygen atoms in total. The number of piperazine rings is 1. The Bertz CT molecular complexity index is 831. The molecular formula is C21H27N3O2S. The van der Waals surface area contributed by atoms with Gasteiger partial charge in [-0.25, -0.2) is 0 Å². The van der Waals surface area contributed by atoms with Crippen LogP contribution in [-0.2, 0) is 4.79 Å². The summed E-state index contributed by atoms with van der Waals surface area (Å²) in [5.41, 5.74) is 3.86. The fourth-order valence-corrected chi connectivity index (χ4v) is 4.43. The van der Waals surface area contributed by atoms with Gasteiger partial charge in [-0.05, 0) is 44.9 Å². The van der Waals surface area contributed by atoms with E-state index in [9.17, 15) is 9.59 Å². The summed E-state index contributed by atoms with van der Waals surface area (Å²) >= 11 is 1.66. The second-order valence-electron chi connectivity index (χ2n) is 7.21. The van der Waals surface area contributed by atoms with E-state index < -0.39 is 0 Å². The largest absolute Gasteiger partial charge is 0.336 e. The van der Waals surface area contributed by atoms with Crippen molar-refractivity contribution in [1.82, 2.24) is 9.80 Å². The quantitative estimate of drug-likeness (QED) is 0.878. The number of carbonyl (C=O) groups excluding carboxylic acids is 2. The number of amides is 2. The zero-order valence-corrected chi connectivity index (χ0v) is 17.3. The summed E-state index contributed by atoms with van der Waals surface area (Å²) in [5.74, 6) is 0.105. The maximum Gasteiger partial charge on any atom is 0.255 e. The smallest absolute Gasteiger partial charge is 0.255 e. The molecule has 2 amide bonds. The highest BCUT2D eigenvalue weighted by molar-refractivity contribution is 7.12. The van der Waals surface area contributed by atoms with Crippen molar-refractivity contribution >= 4 is 28.8 Å². The van der Waals surface area contributed by atoms with Crippen LogP contribution in [0.2, 0.25) is 0 Å². The highest BCUT2D eigenvalue weighted by Crippen LogP contribution is 2.23. The molecule has 0 spiro atoms. The average Bonchev–Trinajstić information content (AvgIpc) is 2.96. The van der Waals surface area contributed by atoms with Gasteiger partial charge in [0.2, 0.25) is 5.91 Å². The Morgan fingerprint density at radius 3 is 2.22 bits per heavy atom. The summed E-state index contributed by atoms with van der Waals surface area (Å²) in [6, 6.07) is 7.97. The number of hydrogen-bond acceptors (Lipinski definition) is 4. The van der Waals surface area contributed by atoms with Crippen LogP contribution in [-0.4, -0.2) is 54.3 Å². The molecule has 27 heavy (non-hydrogen) atoms. The summed E-state index contributed by atoms with van der Waals surface area (Å²) in [7, 11) is 0. The maximum atomic E-state index is 12.7. The van der Waals surface area contributed by atoms with Gasteiger partial charge in [0.25, 0.3) is 5.91 Å². The lowest BCUT2D eigenvalue weighted by molar-refractivity contribution is -0.117. The monoisotopic (exact) mass is 385 g/mol. The molecule has 2 aromatic rings. The second-order valence-corrected chi connectivity index (χ2v) is 8.67. The minimum atomic E-state index is -0.00326. The van der Waals surface area contributed by atoms with Gasteiger partial charge >= 0.3 is 0 Å². The van der Waals surface area contributed by atoms with Crippen LogP contribution in [0.5, 0.6) is 0 Å². The Kier molecular flexibility index (Phi) is 5.97. The molecule has 1 N–H and O–H groups in total. The highest BCUT2D eigenvalue weighted by Gasteiger charge is 2.25. The van der Waals surface area contributed by atoms with Crippen LogP contribution in [0.3, 0.4) is 0 Å². The Balaban J connectivity index is 1.53. The van der Waals surface area contributed by atoms with Crippen molar-refractivity contribution in [2.45, 2.75) is 27.7 Å². The predicted octanol–water partition coefficient (Wildman–Crippen LogP) is 3.38. The Morgan fingerprint density at radius 1 is 1.04 bits per heavy atom. The number of carbonyl (C=O) groups is 2. The number of nitrogens with zero attached hydrogens (tertiary/aromatic N) is 2. The first-order valence-corrected chi connectivity index (χ1v) is 10.1. The molecule has 1 saturated heterocycles. The van der Waals surface area contributed by atoms with E-state index >= 15 is 0 Å². The molecule has 0 bridgehead atoms. The first-order chi connectivity index (χ1) is 12.8. The summed E-state index contributed by atoms with van der Waals surface area (Å²) in [6.07, 6.45) is 0. The van der Waals surface area contributed by atoms with Crippen molar-refractivity contribution in [3.63, 3.8) is 0 Å². The minimum absolute atomic E-state index is 0.00326. The maximum absolute atomic E-state index is 12.7. The number of hydrogen-bond donors (Lipinski definition) is 1. The number of rotatable bonds is 4. The Hall–Kier alpha value is -2.18. The molecule has 1 aromatic carbocycles. The number of anilines is 1. The number of para-hydroxylation sites is 1. The summed E-state index contributed by atoms with van der Waals surface area (Å²) in [6.45, 7) is 11.1. The lowest BCUT2D eigenvalue weighted by atomic mass is 10.1. The van der Waals surface area contributed by atoms with Crippen molar-refractivity contribution in [2.75, 3.05) is 38.0 Å². The molecule has 144 valence electrons. The molecule has 0 unspecified atom stereocenters. The summed E-state index contributed by atoms with van der Waals surface area (Å²) < 4.78 is 0. The third kappa shape index (κ3) is 4.57. The van der Waals surface area contributed by atoms with Crippen LogP contribution < -0.4 is 5.32 Å². The van der Waals surface area contributed by atoms with Crippen molar-refractivity contribution in [3.05, 3.63) is 50.7 Å². The summed E-state index contributed by atoms with van der Waals surface area (Å²) in [5, 5.41) is 3.04. The molecule has 1 fully saturated rings. The predicted molar refractivity (Wildman–Crippen MR) is 111 cm³/mol. The Labute approximate surface area is 165 Å². The third-order valence-corrected chi connectivity index (χ3v) is 6.01. The van der Waals surface area contributed by atoms with Gasteiger partial charge in [-0.2, -0.15) is 0 Å². The van der Waals surface area contributed by atoms with Gasteiger partial charge in [-0.1, -0.05) is 18.2 Å². The topological polar surface area (TPSA) is 52.7 Å². The minimum Gasteiger partial charge on any atom is -0.336 e. The van der Waals surface area contributed by atoms with E-state index in [1.54, 1.807) is 11.3 Å². The molecule has 3 rings (SSSR count). The zero-order chi connectivity index (χ0) is 19.6. The van der Waals surface area contributed by atoms with Crippen LogP contribution in [0.15, 0.2) is 24.3 Å². The third-order valence-electron chi connectivity index (χ3n) is 5.04. The molecular weight excluding hydrogens is 358 g/mol. The number of benzene rings is 1. The van der Waals surface area contributed by atoms with Crippen LogP contribution in [0, 0.1) is 27.7 Å². The molecule has 1 aliphatic rings. The average molecular weight is 386 g/mol. The lowest BCUT2D eigenvalue weighted by Gasteiger charge is -2.34. The molecule has 0 saturated carbocycles. The highest BCUT2D eigenvalue weighted by atomic mass is 32.1. The van der Waals surface area contributed by atoms with Gasteiger partial charge in [0.15, 0.2) is 0 Å². The lowest BCUT2D eigenvalue weighted by Crippen LogP contribution is -2.50. The fourth-order valence-electron chi connectivity index (χ4n) is 3.52. The summed E-state index contributed by atoms with van der Waals surface area (Å²) in [4.78, 5) is 31.4. The van der Waals surface area contributed by atoms with Crippen molar-refractivity contribution in [2.24, 2.45) is 0 Å². The van der Waals surface area contributed by atoms with E-state index in [-0.39, 0.29) is 11.8 Å². The van der Waals surface area contributed by atoms with E-state index in [2.05, 4.69) is 10.2 Å². The molecule has 0 radical (unpaired) electrons. The molecule has 1 aromatic heterocycles. The van der Waals surface area contributed by atoms with E-state index in [0.29, 0.717) is 32.7 Å². The number of nitrogens with one attached hydrogen (secondary N) is 1. The molecule has 0 atom stereocenters. The van der Waals surface area contributed by atoms with E-state index in [4.69, 9.17) is 0 Å². The normalized spacial score (nSPS) is 15.0.